The normalized spacial score (nSPS) is 22.3. The summed E-state index contributed by atoms with van der Waals surface area (Å²) in [6.07, 6.45) is 1.35. The maximum Gasteiger partial charge on any atom is 0.319 e. The Hall–Kier alpha value is -1.83. The van der Waals surface area contributed by atoms with Crippen molar-refractivity contribution in [2.75, 3.05) is 38.3 Å². The molecule has 2 aliphatic heterocycles. The molecule has 132 valence electrons. The predicted octanol–water partition coefficient (Wildman–Crippen LogP) is 2.13. The van der Waals surface area contributed by atoms with Crippen molar-refractivity contribution >= 4 is 11.7 Å². The maximum atomic E-state index is 12.0. The molecule has 2 fully saturated rings. The fourth-order valence-electron chi connectivity index (χ4n) is 2.84. The van der Waals surface area contributed by atoms with Gasteiger partial charge in [-0.05, 0) is 31.2 Å². The molecule has 0 radical (unpaired) electrons. The number of anilines is 1. The van der Waals surface area contributed by atoms with E-state index in [1.165, 1.54) is 0 Å². The van der Waals surface area contributed by atoms with Gasteiger partial charge in [0.1, 0.15) is 11.9 Å². The lowest BCUT2D eigenvalue weighted by Gasteiger charge is -2.31. The van der Waals surface area contributed by atoms with Crippen LogP contribution in [0, 0.1) is 0 Å². The largest absolute Gasteiger partial charge is 0.494 e. The van der Waals surface area contributed by atoms with Crippen LogP contribution in [0.3, 0.4) is 0 Å². The molecule has 3 rings (SSSR count). The van der Waals surface area contributed by atoms with Gasteiger partial charge in [0.05, 0.1) is 26.4 Å². The van der Waals surface area contributed by atoms with Gasteiger partial charge < -0.3 is 29.6 Å². The van der Waals surface area contributed by atoms with E-state index in [1.807, 2.05) is 19.1 Å². The Morgan fingerprint density at radius 2 is 2.04 bits per heavy atom. The van der Waals surface area contributed by atoms with Gasteiger partial charge in [0.15, 0.2) is 5.79 Å². The average Bonchev–Trinajstić information content (AvgIpc) is 2.98. The highest BCUT2D eigenvalue weighted by atomic mass is 16.7. The second-order valence-corrected chi connectivity index (χ2v) is 5.87. The van der Waals surface area contributed by atoms with E-state index >= 15 is 0 Å². The quantitative estimate of drug-likeness (QED) is 0.861. The van der Waals surface area contributed by atoms with Crippen LogP contribution in [0.5, 0.6) is 5.75 Å². The molecule has 2 aliphatic rings. The third kappa shape index (κ3) is 4.37. The van der Waals surface area contributed by atoms with Crippen LogP contribution >= 0.6 is 0 Å². The monoisotopic (exact) mass is 336 g/mol. The Bertz CT molecular complexity index is 542. The van der Waals surface area contributed by atoms with Crippen molar-refractivity contribution in [3.05, 3.63) is 24.3 Å². The highest BCUT2D eigenvalue weighted by Crippen LogP contribution is 2.32. The molecular formula is C17H24N2O5. The van der Waals surface area contributed by atoms with Crippen LogP contribution in [0.2, 0.25) is 0 Å². The van der Waals surface area contributed by atoms with Gasteiger partial charge in [0.25, 0.3) is 0 Å². The zero-order valence-electron chi connectivity index (χ0n) is 13.9. The number of carbonyl (C=O) groups is 1. The summed E-state index contributed by atoms with van der Waals surface area (Å²) in [6.45, 7) is 4.74. The maximum absolute atomic E-state index is 12.0. The zero-order chi connectivity index (χ0) is 16.8. The summed E-state index contributed by atoms with van der Waals surface area (Å²) in [6, 6.07) is 6.98. The first-order chi connectivity index (χ1) is 11.7. The van der Waals surface area contributed by atoms with E-state index < -0.39 is 5.79 Å². The number of ether oxygens (including phenoxy) is 4. The van der Waals surface area contributed by atoms with Crippen LogP contribution in [-0.2, 0) is 14.2 Å². The second-order valence-electron chi connectivity index (χ2n) is 5.87. The Kier molecular flexibility index (Phi) is 5.55. The molecule has 7 heteroatoms. The summed E-state index contributed by atoms with van der Waals surface area (Å²) in [5, 5.41) is 5.60. The van der Waals surface area contributed by atoms with E-state index in [2.05, 4.69) is 10.6 Å². The predicted molar refractivity (Wildman–Crippen MR) is 88.2 cm³/mol. The summed E-state index contributed by atoms with van der Waals surface area (Å²) in [7, 11) is 0. The number of hydrogen-bond acceptors (Lipinski definition) is 5. The molecule has 1 aromatic carbocycles. The number of rotatable bonds is 5. The van der Waals surface area contributed by atoms with Gasteiger partial charge in [-0.15, -0.1) is 0 Å². The summed E-state index contributed by atoms with van der Waals surface area (Å²) >= 11 is 0. The van der Waals surface area contributed by atoms with Gasteiger partial charge >= 0.3 is 6.03 Å². The SMILES string of the molecule is CCOc1ccc(NC(=O)NCC2COC3(CCOCC3)O2)cc1. The number of nitrogens with one attached hydrogen (secondary N) is 2. The second kappa shape index (κ2) is 7.83. The Balaban J connectivity index is 1.41. The van der Waals surface area contributed by atoms with Crippen LogP contribution in [-0.4, -0.2) is 50.9 Å². The zero-order valence-corrected chi connectivity index (χ0v) is 13.9. The Morgan fingerprint density at radius 1 is 1.29 bits per heavy atom. The van der Waals surface area contributed by atoms with E-state index in [4.69, 9.17) is 18.9 Å². The van der Waals surface area contributed by atoms with E-state index in [1.54, 1.807) is 12.1 Å². The minimum atomic E-state index is -0.518. The molecule has 2 saturated heterocycles. The molecule has 0 aliphatic carbocycles. The molecule has 2 N–H and O–H groups in total. The van der Waals surface area contributed by atoms with Crippen molar-refractivity contribution in [2.45, 2.75) is 31.7 Å². The highest BCUT2D eigenvalue weighted by molar-refractivity contribution is 5.89. The minimum Gasteiger partial charge on any atom is -0.494 e. The summed E-state index contributed by atoms with van der Waals surface area (Å²) < 4.78 is 22.5. The van der Waals surface area contributed by atoms with E-state index in [0.29, 0.717) is 38.7 Å². The van der Waals surface area contributed by atoms with Crippen LogP contribution in [0.25, 0.3) is 0 Å². The van der Waals surface area contributed by atoms with Crippen LogP contribution in [0.15, 0.2) is 24.3 Å². The molecule has 2 heterocycles. The standard InChI is InChI=1S/C17H24N2O5/c1-2-22-14-5-3-13(4-6-14)19-16(20)18-11-15-12-23-17(24-15)7-9-21-10-8-17/h3-6,15H,2,7-12H2,1H3,(H2,18,19,20). The molecule has 1 atom stereocenters. The average molecular weight is 336 g/mol. The van der Waals surface area contributed by atoms with Crippen molar-refractivity contribution in [1.29, 1.82) is 0 Å². The molecule has 0 aromatic heterocycles. The van der Waals surface area contributed by atoms with Crippen molar-refractivity contribution < 1.29 is 23.7 Å². The first-order valence-electron chi connectivity index (χ1n) is 8.36. The van der Waals surface area contributed by atoms with E-state index in [0.717, 1.165) is 18.6 Å². The molecule has 1 aromatic rings. The first kappa shape index (κ1) is 17.0. The van der Waals surface area contributed by atoms with Crippen molar-refractivity contribution in [3.63, 3.8) is 0 Å². The highest BCUT2D eigenvalue weighted by Gasteiger charge is 2.42. The van der Waals surface area contributed by atoms with Gasteiger partial charge in [0, 0.05) is 25.1 Å². The molecule has 0 saturated carbocycles. The van der Waals surface area contributed by atoms with Gasteiger partial charge in [0.2, 0.25) is 0 Å². The number of benzene rings is 1. The minimum absolute atomic E-state index is 0.130. The lowest BCUT2D eigenvalue weighted by atomic mass is 10.1. The number of amides is 2. The Morgan fingerprint density at radius 3 is 2.75 bits per heavy atom. The van der Waals surface area contributed by atoms with Crippen LogP contribution in [0.1, 0.15) is 19.8 Å². The molecule has 7 nitrogen and oxygen atoms in total. The molecule has 2 amide bonds. The number of hydrogen-bond donors (Lipinski definition) is 2. The number of carbonyl (C=O) groups excluding carboxylic acids is 1. The smallest absolute Gasteiger partial charge is 0.319 e. The van der Waals surface area contributed by atoms with E-state index in [-0.39, 0.29) is 12.1 Å². The molecule has 0 bridgehead atoms. The first-order valence-corrected chi connectivity index (χ1v) is 8.36. The van der Waals surface area contributed by atoms with Gasteiger partial charge in [-0.1, -0.05) is 0 Å². The van der Waals surface area contributed by atoms with Gasteiger partial charge in [-0.25, -0.2) is 4.79 Å². The fraction of sp³-hybridized carbons (Fsp3) is 0.588. The Labute approximate surface area is 141 Å². The summed E-state index contributed by atoms with van der Waals surface area (Å²) in [4.78, 5) is 12.0. The van der Waals surface area contributed by atoms with Crippen LogP contribution in [0.4, 0.5) is 10.5 Å². The third-order valence-corrected chi connectivity index (χ3v) is 4.08. The third-order valence-electron chi connectivity index (χ3n) is 4.08. The topological polar surface area (TPSA) is 78.1 Å². The van der Waals surface area contributed by atoms with Crippen molar-refractivity contribution in [3.8, 4) is 5.75 Å². The number of urea groups is 1. The van der Waals surface area contributed by atoms with Crippen LogP contribution < -0.4 is 15.4 Å². The lowest BCUT2D eigenvalue weighted by molar-refractivity contribution is -0.210. The van der Waals surface area contributed by atoms with Gasteiger partial charge in [-0.3, -0.25) is 0 Å². The summed E-state index contributed by atoms with van der Waals surface area (Å²) in [5.74, 6) is 0.262. The lowest BCUT2D eigenvalue weighted by Crippen LogP contribution is -2.40. The van der Waals surface area contributed by atoms with Crippen molar-refractivity contribution in [1.82, 2.24) is 5.32 Å². The van der Waals surface area contributed by atoms with Gasteiger partial charge in [-0.2, -0.15) is 0 Å². The molecule has 1 unspecified atom stereocenters. The molecule has 1 spiro atoms. The fourth-order valence-corrected chi connectivity index (χ4v) is 2.84. The van der Waals surface area contributed by atoms with Crippen molar-refractivity contribution in [2.24, 2.45) is 0 Å². The van der Waals surface area contributed by atoms with E-state index in [9.17, 15) is 4.79 Å². The molecular weight excluding hydrogens is 312 g/mol. The summed E-state index contributed by atoms with van der Waals surface area (Å²) in [5.41, 5.74) is 0.709. The molecule has 24 heavy (non-hydrogen) atoms.